The van der Waals surface area contributed by atoms with Crippen LogP contribution in [-0.4, -0.2) is 45.7 Å². The SMILES string of the molecule is CC1(C)OC(=O)C2(C(=O)O1)[C@@H](c1ccc([N+](=O)[O-])cc1)[C@@H](C(=O)C(C)(C)C)N1N=Cc3ccccc3[C@@H]12. The predicted molar refractivity (Wildman–Crippen MR) is 131 cm³/mol. The monoisotopic (exact) mass is 505 g/mol. The van der Waals surface area contributed by atoms with Crippen molar-refractivity contribution in [3.05, 3.63) is 75.3 Å². The highest BCUT2D eigenvalue weighted by atomic mass is 16.7. The Labute approximate surface area is 213 Å². The van der Waals surface area contributed by atoms with Gasteiger partial charge in [-0.1, -0.05) is 57.2 Å². The Bertz CT molecular complexity index is 1340. The number of carbonyl (C=O) groups is 3. The number of nitrogens with zero attached hydrogens (tertiary/aromatic N) is 3. The Balaban J connectivity index is 1.83. The molecular formula is C27H27N3O7. The maximum Gasteiger partial charge on any atom is 0.330 e. The molecule has 0 unspecified atom stereocenters. The molecule has 2 fully saturated rings. The molecule has 2 aromatic carbocycles. The molecule has 0 bridgehead atoms. The highest BCUT2D eigenvalue weighted by Crippen LogP contribution is 2.63. The van der Waals surface area contributed by atoms with Crippen LogP contribution >= 0.6 is 0 Å². The van der Waals surface area contributed by atoms with Gasteiger partial charge in [-0.3, -0.25) is 29.5 Å². The van der Waals surface area contributed by atoms with Gasteiger partial charge in [0, 0.05) is 37.3 Å². The van der Waals surface area contributed by atoms with Crippen molar-refractivity contribution in [2.45, 2.75) is 58.4 Å². The molecule has 37 heavy (non-hydrogen) atoms. The predicted octanol–water partition coefficient (Wildman–Crippen LogP) is 3.89. The number of hydrazone groups is 1. The van der Waals surface area contributed by atoms with Crippen molar-refractivity contribution in [2.24, 2.45) is 15.9 Å². The summed E-state index contributed by atoms with van der Waals surface area (Å²) in [5, 5.41) is 17.4. The van der Waals surface area contributed by atoms with Crippen LogP contribution in [0.5, 0.6) is 0 Å². The third-order valence-corrected chi connectivity index (χ3v) is 7.23. The molecule has 0 saturated carbocycles. The minimum absolute atomic E-state index is 0.162. The van der Waals surface area contributed by atoms with Crippen LogP contribution in [-0.2, 0) is 23.9 Å². The van der Waals surface area contributed by atoms with Crippen LogP contribution in [0.3, 0.4) is 0 Å². The average Bonchev–Trinajstić information content (AvgIpc) is 3.13. The van der Waals surface area contributed by atoms with E-state index in [-0.39, 0.29) is 11.5 Å². The van der Waals surface area contributed by atoms with Crippen LogP contribution in [0.1, 0.15) is 63.3 Å². The lowest BCUT2D eigenvalue weighted by atomic mass is 9.64. The fraction of sp³-hybridized carbons (Fsp3) is 0.407. The number of carbonyl (C=O) groups excluding carboxylic acids is 3. The van der Waals surface area contributed by atoms with Gasteiger partial charge < -0.3 is 9.47 Å². The second kappa shape index (κ2) is 7.96. The largest absolute Gasteiger partial charge is 0.422 e. The van der Waals surface area contributed by atoms with E-state index in [0.717, 1.165) is 0 Å². The Morgan fingerprint density at radius 2 is 1.62 bits per heavy atom. The van der Waals surface area contributed by atoms with Gasteiger partial charge in [-0.05, 0) is 16.7 Å². The first-order valence-electron chi connectivity index (χ1n) is 12.0. The van der Waals surface area contributed by atoms with Crippen molar-refractivity contribution >= 4 is 29.6 Å². The molecule has 10 heteroatoms. The molecule has 3 aliphatic rings. The average molecular weight is 506 g/mol. The smallest absolute Gasteiger partial charge is 0.330 e. The number of hydrogen-bond acceptors (Lipinski definition) is 9. The van der Waals surface area contributed by atoms with Gasteiger partial charge in [-0.15, -0.1) is 0 Å². The van der Waals surface area contributed by atoms with Crippen LogP contribution in [0, 0.1) is 20.9 Å². The van der Waals surface area contributed by atoms with Crippen LogP contribution in [0.4, 0.5) is 5.69 Å². The zero-order valence-corrected chi connectivity index (χ0v) is 21.1. The molecular weight excluding hydrogens is 478 g/mol. The zero-order chi connectivity index (χ0) is 26.9. The summed E-state index contributed by atoms with van der Waals surface area (Å²) in [5.74, 6) is -4.51. The zero-order valence-electron chi connectivity index (χ0n) is 21.1. The molecule has 3 heterocycles. The van der Waals surface area contributed by atoms with Crippen LogP contribution in [0.15, 0.2) is 53.6 Å². The number of nitro benzene ring substituents is 1. The highest BCUT2D eigenvalue weighted by Gasteiger charge is 2.75. The molecule has 0 N–H and O–H groups in total. The number of rotatable bonds is 3. The fourth-order valence-corrected chi connectivity index (χ4v) is 5.63. The molecule has 1 spiro atoms. The maximum absolute atomic E-state index is 14.1. The number of cyclic esters (lactones) is 2. The molecule has 192 valence electrons. The Morgan fingerprint density at radius 3 is 2.19 bits per heavy atom. The van der Waals surface area contributed by atoms with Crippen LogP contribution in [0.2, 0.25) is 0 Å². The first kappa shape index (κ1) is 24.6. The van der Waals surface area contributed by atoms with Gasteiger partial charge in [0.2, 0.25) is 5.41 Å². The van der Waals surface area contributed by atoms with E-state index in [1.807, 2.05) is 12.1 Å². The normalized spacial score (nSPS) is 25.2. The standard InChI is InChI=1S/C27H27N3O7/c1-25(2,3)22(31)20-19(15-10-12-17(13-11-15)30(34)35)27(23(32)36-26(4,5)37-24(27)33)21-18-9-7-6-8-16(18)14-28-29(20)21/h6-14,19-21H,1-5H3/t19-,20-,21+/m0/s1. The number of hydrogen-bond donors (Lipinski definition) is 0. The second-order valence-corrected chi connectivity index (χ2v) is 11.1. The summed E-state index contributed by atoms with van der Waals surface area (Å²) in [6.45, 7) is 8.20. The summed E-state index contributed by atoms with van der Waals surface area (Å²) >= 11 is 0. The first-order valence-corrected chi connectivity index (χ1v) is 12.0. The topological polar surface area (TPSA) is 128 Å². The number of esters is 2. The molecule has 2 saturated heterocycles. The van der Waals surface area contributed by atoms with E-state index >= 15 is 0 Å². The van der Waals surface area contributed by atoms with Crippen molar-refractivity contribution < 1.29 is 28.8 Å². The molecule has 0 aliphatic carbocycles. The van der Waals surface area contributed by atoms with Gasteiger partial charge in [0.05, 0.1) is 11.1 Å². The maximum atomic E-state index is 14.1. The van der Waals surface area contributed by atoms with Gasteiger partial charge in [-0.2, -0.15) is 5.10 Å². The number of nitro groups is 1. The van der Waals surface area contributed by atoms with E-state index in [1.165, 1.54) is 43.1 Å². The third kappa shape index (κ3) is 3.53. The summed E-state index contributed by atoms with van der Waals surface area (Å²) in [6, 6.07) is 10.7. The van der Waals surface area contributed by atoms with Crippen LogP contribution in [0.25, 0.3) is 0 Å². The lowest BCUT2D eigenvalue weighted by Crippen LogP contribution is -2.58. The van der Waals surface area contributed by atoms with Gasteiger partial charge in [0.1, 0.15) is 12.1 Å². The van der Waals surface area contributed by atoms with E-state index in [9.17, 15) is 24.5 Å². The van der Waals surface area contributed by atoms with E-state index in [2.05, 4.69) is 5.10 Å². The first-order chi connectivity index (χ1) is 17.3. The number of ether oxygens (including phenoxy) is 2. The molecule has 3 atom stereocenters. The summed E-state index contributed by atoms with van der Waals surface area (Å²) < 4.78 is 11.4. The third-order valence-electron chi connectivity index (χ3n) is 7.23. The van der Waals surface area contributed by atoms with Crippen molar-refractivity contribution in [1.29, 1.82) is 0 Å². The van der Waals surface area contributed by atoms with Crippen LogP contribution < -0.4 is 0 Å². The summed E-state index contributed by atoms with van der Waals surface area (Å²) in [4.78, 5) is 52.9. The Hall–Kier alpha value is -4.08. The number of ketones is 1. The summed E-state index contributed by atoms with van der Waals surface area (Å²) in [7, 11) is 0. The lowest BCUT2D eigenvalue weighted by molar-refractivity contribution is -0.384. The van der Waals surface area contributed by atoms with Crippen molar-refractivity contribution in [2.75, 3.05) is 0 Å². The van der Waals surface area contributed by atoms with Gasteiger partial charge >= 0.3 is 11.9 Å². The van der Waals surface area contributed by atoms with E-state index in [1.54, 1.807) is 39.1 Å². The lowest BCUT2D eigenvalue weighted by Gasteiger charge is -2.44. The summed E-state index contributed by atoms with van der Waals surface area (Å²) in [6.07, 6.45) is 1.60. The highest BCUT2D eigenvalue weighted by molar-refractivity contribution is 6.07. The summed E-state index contributed by atoms with van der Waals surface area (Å²) in [5.41, 5.74) is -1.31. The van der Waals surface area contributed by atoms with Gasteiger partial charge in [0.15, 0.2) is 5.78 Å². The van der Waals surface area contributed by atoms with Gasteiger partial charge in [0.25, 0.3) is 11.5 Å². The Kier molecular flexibility index (Phi) is 5.29. The van der Waals surface area contributed by atoms with E-state index < -0.39 is 51.5 Å². The molecule has 2 aromatic rings. The fourth-order valence-electron chi connectivity index (χ4n) is 5.63. The van der Waals surface area contributed by atoms with Crippen molar-refractivity contribution in [1.82, 2.24) is 5.01 Å². The molecule has 0 amide bonds. The minimum atomic E-state index is -1.99. The number of benzene rings is 2. The number of non-ortho nitro benzene ring substituents is 1. The molecule has 0 aromatic heterocycles. The Morgan fingerprint density at radius 1 is 1.03 bits per heavy atom. The van der Waals surface area contributed by atoms with Crippen molar-refractivity contribution in [3.8, 4) is 0 Å². The molecule has 3 aliphatic heterocycles. The quantitative estimate of drug-likeness (QED) is 0.266. The van der Waals surface area contributed by atoms with E-state index in [4.69, 9.17) is 9.47 Å². The number of Topliss-reactive ketones (excluding diaryl/α,β-unsaturated/α-hetero) is 1. The molecule has 0 radical (unpaired) electrons. The van der Waals surface area contributed by atoms with E-state index in [0.29, 0.717) is 16.7 Å². The minimum Gasteiger partial charge on any atom is -0.422 e. The number of fused-ring (bicyclic) bond motifs is 4. The van der Waals surface area contributed by atoms with Crippen molar-refractivity contribution in [3.63, 3.8) is 0 Å². The second-order valence-electron chi connectivity index (χ2n) is 11.1. The molecule has 10 nitrogen and oxygen atoms in total. The molecule has 5 rings (SSSR count). The van der Waals surface area contributed by atoms with Gasteiger partial charge in [-0.25, -0.2) is 0 Å².